The highest BCUT2D eigenvalue weighted by atomic mass is 32.1. The Kier molecular flexibility index (Phi) is 5.29. The van der Waals surface area contributed by atoms with Crippen molar-refractivity contribution in [1.29, 1.82) is 5.41 Å². The summed E-state index contributed by atoms with van der Waals surface area (Å²) in [5.41, 5.74) is 0.843. The van der Waals surface area contributed by atoms with Gasteiger partial charge in [0.1, 0.15) is 0 Å². The molecule has 0 unspecified atom stereocenters. The van der Waals surface area contributed by atoms with Gasteiger partial charge in [0.05, 0.1) is 11.1 Å². The lowest BCUT2D eigenvalue weighted by atomic mass is 10.3. The van der Waals surface area contributed by atoms with Gasteiger partial charge in [-0.25, -0.2) is 0 Å². The normalized spacial score (nSPS) is 7.82. The molecule has 0 aliphatic heterocycles. The fraction of sp³-hybridized carbons (Fsp3) is 0.250. The van der Waals surface area contributed by atoms with Gasteiger partial charge in [-0.15, -0.1) is 0 Å². The van der Waals surface area contributed by atoms with E-state index in [0.29, 0.717) is 0 Å². The van der Waals surface area contributed by atoms with Crippen LogP contribution in [0.15, 0.2) is 12.8 Å². The number of hydrogen-bond donors (Lipinski definition) is 1. The maximum atomic E-state index is 6.90. The van der Waals surface area contributed by atoms with Gasteiger partial charge in [0, 0.05) is 11.8 Å². The maximum Gasteiger partial charge on any atom is 0.0559 e. The Balaban J connectivity index is 0.000000461. The van der Waals surface area contributed by atoms with Gasteiger partial charge in [0.15, 0.2) is 0 Å². The third-order valence-electron chi connectivity index (χ3n) is 0.968. The fourth-order valence-electron chi connectivity index (χ4n) is 0.520. The van der Waals surface area contributed by atoms with Gasteiger partial charge in [-0.1, -0.05) is 20.4 Å². The highest BCUT2D eigenvalue weighted by Crippen LogP contribution is 2.11. The minimum atomic E-state index is 0.843. The third kappa shape index (κ3) is 2.63. The molecule has 11 heavy (non-hydrogen) atoms. The zero-order valence-electron chi connectivity index (χ0n) is 6.79. The molecule has 0 amide bonds. The molecule has 3 heteroatoms. The number of nitrogens with zero attached hydrogens (tertiary/aromatic N) is 1. The smallest absolute Gasteiger partial charge is 0.0559 e. The Morgan fingerprint density at radius 2 is 2.27 bits per heavy atom. The fourth-order valence-corrected chi connectivity index (χ4v) is 1.09. The van der Waals surface area contributed by atoms with E-state index in [1.165, 1.54) is 17.7 Å². The van der Waals surface area contributed by atoms with E-state index < -0.39 is 0 Å². The van der Waals surface area contributed by atoms with Gasteiger partial charge in [0.25, 0.3) is 0 Å². The second-order valence-corrected chi connectivity index (χ2v) is 2.33. The highest BCUT2D eigenvalue weighted by Gasteiger charge is 1.95. The summed E-state index contributed by atoms with van der Waals surface area (Å²) < 4.78 is 3.88. The van der Waals surface area contributed by atoms with Gasteiger partial charge >= 0.3 is 0 Å². The quantitative estimate of drug-likeness (QED) is 0.677. The summed E-state index contributed by atoms with van der Waals surface area (Å²) in [5.74, 6) is 0. The van der Waals surface area contributed by atoms with Crippen molar-refractivity contribution in [2.75, 3.05) is 0 Å². The average molecular weight is 168 g/mol. The molecular weight excluding hydrogens is 156 g/mol. The number of nitrogens with one attached hydrogen (secondary N) is 1. The lowest BCUT2D eigenvalue weighted by Gasteiger charge is -1.81. The molecule has 0 saturated carbocycles. The molecule has 0 fully saturated rings. The molecular formula is C8H12N2S. The van der Waals surface area contributed by atoms with Crippen molar-refractivity contribution in [2.45, 2.75) is 13.8 Å². The molecule has 0 radical (unpaired) electrons. The summed E-state index contributed by atoms with van der Waals surface area (Å²) >= 11 is 1.35. The summed E-state index contributed by atoms with van der Waals surface area (Å²) in [4.78, 5) is 0.963. The predicted molar refractivity (Wildman–Crippen MR) is 51.4 cm³/mol. The van der Waals surface area contributed by atoms with E-state index in [0.717, 1.165) is 10.4 Å². The molecule has 0 aliphatic carbocycles. The second-order valence-electron chi connectivity index (χ2n) is 1.49. The molecule has 0 spiro atoms. The van der Waals surface area contributed by atoms with Crippen LogP contribution in [0.5, 0.6) is 0 Å². The first kappa shape index (κ1) is 10.0. The first-order valence-electron chi connectivity index (χ1n) is 3.46. The number of hydrogen-bond acceptors (Lipinski definition) is 3. The van der Waals surface area contributed by atoms with Crippen LogP contribution in [-0.4, -0.2) is 10.6 Å². The Morgan fingerprint density at radius 1 is 1.64 bits per heavy atom. The van der Waals surface area contributed by atoms with Crippen molar-refractivity contribution in [3.05, 3.63) is 23.2 Å². The van der Waals surface area contributed by atoms with Crippen LogP contribution in [-0.2, 0) is 0 Å². The van der Waals surface area contributed by atoms with Crippen molar-refractivity contribution in [3.63, 3.8) is 0 Å². The van der Waals surface area contributed by atoms with E-state index in [9.17, 15) is 0 Å². The van der Waals surface area contributed by atoms with Crippen molar-refractivity contribution in [2.24, 2.45) is 0 Å². The molecule has 1 heterocycles. The van der Waals surface area contributed by atoms with Gasteiger partial charge in [-0.05, 0) is 17.6 Å². The lowest BCUT2D eigenvalue weighted by Crippen LogP contribution is -1.74. The Bertz CT molecular complexity index is 205. The molecule has 0 saturated heterocycles. The molecule has 1 aromatic rings. The summed E-state index contributed by atoms with van der Waals surface area (Å²) in [5, 5.41) is 6.90. The van der Waals surface area contributed by atoms with Crippen LogP contribution in [0.4, 0.5) is 0 Å². The molecule has 0 aliphatic rings. The lowest BCUT2D eigenvalue weighted by molar-refractivity contribution is 1.50. The van der Waals surface area contributed by atoms with Crippen LogP contribution in [0.3, 0.4) is 0 Å². The van der Waals surface area contributed by atoms with E-state index in [-0.39, 0.29) is 0 Å². The van der Waals surface area contributed by atoms with Crippen LogP contribution in [0, 0.1) is 5.41 Å². The van der Waals surface area contributed by atoms with E-state index in [1.807, 2.05) is 13.8 Å². The van der Waals surface area contributed by atoms with Gasteiger partial charge in [-0.2, -0.15) is 4.37 Å². The maximum absolute atomic E-state index is 6.90. The SMILES string of the molecule is C=Cc1sncc1C=N.CC. The molecule has 60 valence electrons. The van der Waals surface area contributed by atoms with Crippen LogP contribution in [0.25, 0.3) is 6.08 Å². The topological polar surface area (TPSA) is 36.7 Å². The molecule has 1 rings (SSSR count). The Morgan fingerprint density at radius 3 is 2.64 bits per heavy atom. The van der Waals surface area contributed by atoms with E-state index in [4.69, 9.17) is 5.41 Å². The van der Waals surface area contributed by atoms with Crippen molar-refractivity contribution >= 4 is 23.8 Å². The monoisotopic (exact) mass is 168 g/mol. The molecule has 0 bridgehead atoms. The van der Waals surface area contributed by atoms with Crippen LogP contribution in [0.2, 0.25) is 0 Å². The summed E-state index contributed by atoms with van der Waals surface area (Å²) in [6, 6.07) is 0. The largest absolute Gasteiger partial charge is 0.308 e. The summed E-state index contributed by atoms with van der Waals surface area (Å²) in [6.45, 7) is 7.58. The van der Waals surface area contributed by atoms with Gasteiger partial charge < -0.3 is 5.41 Å². The standard InChI is InChI=1S/C6H6N2S.C2H6/c1-2-6-5(3-7)4-8-9-6;1-2/h2-4,7H,1H2;1-2H3. The molecule has 0 atom stereocenters. The van der Waals surface area contributed by atoms with Crippen molar-refractivity contribution in [3.8, 4) is 0 Å². The zero-order chi connectivity index (χ0) is 8.69. The minimum absolute atomic E-state index is 0.843. The molecule has 1 aromatic heterocycles. The third-order valence-corrected chi connectivity index (χ3v) is 1.78. The zero-order valence-corrected chi connectivity index (χ0v) is 7.61. The van der Waals surface area contributed by atoms with Crippen molar-refractivity contribution in [1.82, 2.24) is 4.37 Å². The minimum Gasteiger partial charge on any atom is -0.308 e. The summed E-state index contributed by atoms with van der Waals surface area (Å²) in [6.07, 6.45) is 4.65. The van der Waals surface area contributed by atoms with Crippen molar-refractivity contribution < 1.29 is 0 Å². The first-order valence-corrected chi connectivity index (χ1v) is 4.23. The molecule has 0 aromatic carbocycles. The summed E-state index contributed by atoms with van der Waals surface area (Å²) in [7, 11) is 0. The van der Waals surface area contributed by atoms with E-state index in [2.05, 4.69) is 11.0 Å². The number of rotatable bonds is 2. The Hall–Kier alpha value is -0.960. The first-order chi connectivity index (χ1) is 5.38. The molecule has 1 N–H and O–H groups in total. The van der Waals surface area contributed by atoms with E-state index in [1.54, 1.807) is 12.3 Å². The number of aromatic nitrogens is 1. The van der Waals surface area contributed by atoms with Crippen LogP contribution >= 0.6 is 11.5 Å². The highest BCUT2D eigenvalue weighted by molar-refractivity contribution is 7.07. The van der Waals surface area contributed by atoms with E-state index >= 15 is 0 Å². The average Bonchev–Trinajstić information content (AvgIpc) is 2.54. The Labute approximate surface area is 71.3 Å². The second kappa shape index (κ2) is 5.80. The van der Waals surface area contributed by atoms with Crippen LogP contribution in [0.1, 0.15) is 24.3 Å². The predicted octanol–water partition coefficient (Wildman–Crippen LogP) is 2.81. The van der Waals surface area contributed by atoms with Gasteiger partial charge in [-0.3, -0.25) is 0 Å². The van der Waals surface area contributed by atoms with Gasteiger partial charge in [0.2, 0.25) is 0 Å². The van der Waals surface area contributed by atoms with Crippen LogP contribution < -0.4 is 0 Å². The molecule has 2 nitrogen and oxygen atoms in total.